The molecule has 17 heavy (non-hydrogen) atoms. The molecular weight excluding hydrogens is 220 g/mol. The van der Waals surface area contributed by atoms with Gasteiger partial charge in [-0.25, -0.2) is 4.79 Å². The van der Waals surface area contributed by atoms with Crippen LogP contribution in [0.1, 0.15) is 28.8 Å². The van der Waals surface area contributed by atoms with Crippen LogP contribution in [0.15, 0.2) is 24.3 Å². The van der Waals surface area contributed by atoms with Gasteiger partial charge in [0.1, 0.15) is 0 Å². The van der Waals surface area contributed by atoms with Crippen LogP contribution in [0.3, 0.4) is 0 Å². The second kappa shape index (κ2) is 5.80. The van der Waals surface area contributed by atoms with E-state index in [9.17, 15) is 4.79 Å². The second-order valence-electron chi connectivity index (χ2n) is 4.16. The number of carbonyl (C=O) groups is 1. The molecule has 4 nitrogen and oxygen atoms in total. The Morgan fingerprint density at radius 1 is 1.53 bits per heavy atom. The quantitative estimate of drug-likeness (QED) is 0.850. The molecule has 0 spiro atoms. The molecule has 1 aliphatic rings. The Morgan fingerprint density at radius 3 is 3.12 bits per heavy atom. The van der Waals surface area contributed by atoms with Crippen molar-refractivity contribution in [3.05, 3.63) is 35.4 Å². The van der Waals surface area contributed by atoms with Crippen LogP contribution in [0.2, 0.25) is 0 Å². The van der Waals surface area contributed by atoms with E-state index in [0.29, 0.717) is 18.8 Å². The van der Waals surface area contributed by atoms with E-state index < -0.39 is 5.97 Å². The number of aromatic carboxylic acids is 1. The first-order chi connectivity index (χ1) is 8.25. The topological polar surface area (TPSA) is 55.8 Å². The van der Waals surface area contributed by atoms with Crippen molar-refractivity contribution in [2.45, 2.75) is 25.6 Å². The Morgan fingerprint density at radius 2 is 2.41 bits per heavy atom. The van der Waals surface area contributed by atoms with Crippen LogP contribution in [0.4, 0.5) is 0 Å². The maximum Gasteiger partial charge on any atom is 0.335 e. The largest absolute Gasteiger partial charge is 0.478 e. The van der Waals surface area contributed by atoms with E-state index in [-0.39, 0.29) is 6.10 Å². The van der Waals surface area contributed by atoms with E-state index >= 15 is 0 Å². The van der Waals surface area contributed by atoms with Crippen molar-refractivity contribution in [1.29, 1.82) is 0 Å². The van der Waals surface area contributed by atoms with E-state index in [0.717, 1.165) is 25.0 Å². The zero-order valence-electron chi connectivity index (χ0n) is 9.59. The highest BCUT2D eigenvalue weighted by atomic mass is 16.5. The summed E-state index contributed by atoms with van der Waals surface area (Å²) in [7, 11) is 0. The third kappa shape index (κ3) is 3.54. The summed E-state index contributed by atoms with van der Waals surface area (Å²) in [5.74, 6) is -0.911. The molecule has 0 amide bonds. The fourth-order valence-electron chi connectivity index (χ4n) is 1.88. The van der Waals surface area contributed by atoms with Crippen LogP contribution in [0.25, 0.3) is 0 Å². The van der Waals surface area contributed by atoms with Crippen molar-refractivity contribution < 1.29 is 19.4 Å². The third-order valence-electron chi connectivity index (χ3n) is 2.77. The van der Waals surface area contributed by atoms with Gasteiger partial charge in [0.05, 0.1) is 24.9 Å². The SMILES string of the molecule is O=C(O)c1cccc(COC[C@@H]2CCCO2)c1. The van der Waals surface area contributed by atoms with Gasteiger partial charge in [0, 0.05) is 6.61 Å². The lowest BCUT2D eigenvalue weighted by atomic mass is 10.1. The summed E-state index contributed by atoms with van der Waals surface area (Å²) >= 11 is 0. The third-order valence-corrected chi connectivity index (χ3v) is 2.77. The Hall–Kier alpha value is -1.39. The van der Waals surface area contributed by atoms with Gasteiger partial charge >= 0.3 is 5.97 Å². The average molecular weight is 236 g/mol. The maximum absolute atomic E-state index is 10.8. The zero-order valence-corrected chi connectivity index (χ0v) is 9.59. The molecule has 4 heteroatoms. The molecule has 0 aliphatic carbocycles. The second-order valence-corrected chi connectivity index (χ2v) is 4.16. The van der Waals surface area contributed by atoms with Crippen molar-refractivity contribution in [2.75, 3.05) is 13.2 Å². The van der Waals surface area contributed by atoms with Gasteiger partial charge in [-0.2, -0.15) is 0 Å². The minimum Gasteiger partial charge on any atom is -0.478 e. The van der Waals surface area contributed by atoms with E-state index in [2.05, 4.69) is 0 Å². The van der Waals surface area contributed by atoms with E-state index in [4.69, 9.17) is 14.6 Å². The molecule has 1 N–H and O–H groups in total. The first-order valence-corrected chi connectivity index (χ1v) is 5.77. The minimum absolute atomic E-state index is 0.206. The van der Waals surface area contributed by atoms with Crippen molar-refractivity contribution in [3.63, 3.8) is 0 Å². The van der Waals surface area contributed by atoms with Gasteiger partial charge in [0.2, 0.25) is 0 Å². The predicted molar refractivity (Wildman–Crippen MR) is 62.0 cm³/mol. The molecule has 1 atom stereocenters. The Balaban J connectivity index is 1.81. The Kier molecular flexibility index (Phi) is 4.12. The normalized spacial score (nSPS) is 19.4. The molecule has 0 bridgehead atoms. The lowest BCUT2D eigenvalue weighted by Crippen LogP contribution is -2.13. The number of hydrogen-bond acceptors (Lipinski definition) is 3. The number of rotatable bonds is 5. The molecule has 2 rings (SSSR count). The van der Waals surface area contributed by atoms with Crippen molar-refractivity contribution >= 4 is 5.97 Å². The van der Waals surface area contributed by atoms with Crippen LogP contribution >= 0.6 is 0 Å². The summed E-state index contributed by atoms with van der Waals surface area (Å²) < 4.78 is 11.0. The molecule has 1 saturated heterocycles. The molecule has 92 valence electrons. The Bertz CT molecular complexity index is 383. The van der Waals surface area contributed by atoms with Gasteiger partial charge in [-0.15, -0.1) is 0 Å². The average Bonchev–Trinajstić information content (AvgIpc) is 2.82. The smallest absolute Gasteiger partial charge is 0.335 e. The molecule has 1 heterocycles. The predicted octanol–water partition coefficient (Wildman–Crippen LogP) is 2.08. The molecule has 0 unspecified atom stereocenters. The Labute approximate surface area is 100 Å². The molecular formula is C13H16O4. The minimum atomic E-state index is -0.911. The van der Waals surface area contributed by atoms with Gasteiger partial charge in [-0.3, -0.25) is 0 Å². The van der Waals surface area contributed by atoms with Crippen LogP contribution in [0, 0.1) is 0 Å². The van der Waals surface area contributed by atoms with Crippen molar-refractivity contribution in [1.82, 2.24) is 0 Å². The standard InChI is InChI=1S/C13H16O4/c14-13(15)11-4-1-3-10(7-11)8-16-9-12-5-2-6-17-12/h1,3-4,7,12H,2,5-6,8-9H2,(H,14,15)/t12-/m0/s1. The summed E-state index contributed by atoms with van der Waals surface area (Å²) in [4.78, 5) is 10.8. The number of ether oxygens (including phenoxy) is 2. The zero-order chi connectivity index (χ0) is 12.1. The summed E-state index contributed by atoms with van der Waals surface area (Å²) in [6.07, 6.45) is 2.36. The molecule has 1 aliphatic heterocycles. The maximum atomic E-state index is 10.8. The van der Waals surface area contributed by atoms with Gasteiger partial charge in [-0.05, 0) is 30.5 Å². The number of carboxylic acids is 1. The fraction of sp³-hybridized carbons (Fsp3) is 0.462. The van der Waals surface area contributed by atoms with Crippen LogP contribution in [-0.4, -0.2) is 30.4 Å². The van der Waals surface area contributed by atoms with Gasteiger partial charge in [-0.1, -0.05) is 12.1 Å². The van der Waals surface area contributed by atoms with Gasteiger partial charge in [0.15, 0.2) is 0 Å². The highest BCUT2D eigenvalue weighted by Crippen LogP contribution is 2.13. The lowest BCUT2D eigenvalue weighted by molar-refractivity contribution is 0.0105. The van der Waals surface area contributed by atoms with Crippen LogP contribution in [0.5, 0.6) is 0 Å². The molecule has 1 aromatic rings. The first kappa shape index (κ1) is 12.1. The number of carboxylic acid groups (broad SMARTS) is 1. The highest BCUT2D eigenvalue weighted by molar-refractivity contribution is 5.87. The van der Waals surface area contributed by atoms with Crippen LogP contribution in [-0.2, 0) is 16.1 Å². The van der Waals surface area contributed by atoms with E-state index in [1.165, 1.54) is 0 Å². The summed E-state index contributed by atoms with van der Waals surface area (Å²) in [6, 6.07) is 6.81. The van der Waals surface area contributed by atoms with Gasteiger partial charge < -0.3 is 14.6 Å². The molecule has 0 aromatic heterocycles. The fourth-order valence-corrected chi connectivity index (χ4v) is 1.88. The monoisotopic (exact) mass is 236 g/mol. The molecule has 1 aromatic carbocycles. The summed E-state index contributed by atoms with van der Waals surface area (Å²) in [5, 5.41) is 8.85. The summed E-state index contributed by atoms with van der Waals surface area (Å²) in [6.45, 7) is 1.83. The number of hydrogen-bond donors (Lipinski definition) is 1. The van der Waals surface area contributed by atoms with Crippen molar-refractivity contribution in [2.24, 2.45) is 0 Å². The number of benzene rings is 1. The van der Waals surface area contributed by atoms with E-state index in [1.807, 2.05) is 6.07 Å². The molecule has 0 saturated carbocycles. The van der Waals surface area contributed by atoms with Crippen molar-refractivity contribution in [3.8, 4) is 0 Å². The van der Waals surface area contributed by atoms with Gasteiger partial charge in [0.25, 0.3) is 0 Å². The highest BCUT2D eigenvalue weighted by Gasteiger charge is 2.15. The van der Waals surface area contributed by atoms with Crippen LogP contribution < -0.4 is 0 Å². The summed E-state index contributed by atoms with van der Waals surface area (Å²) in [5.41, 5.74) is 1.17. The molecule has 1 fully saturated rings. The molecule has 0 radical (unpaired) electrons. The first-order valence-electron chi connectivity index (χ1n) is 5.77. The lowest BCUT2D eigenvalue weighted by Gasteiger charge is -2.10. The van der Waals surface area contributed by atoms with E-state index in [1.54, 1.807) is 18.2 Å².